The van der Waals surface area contributed by atoms with Gasteiger partial charge in [-0.15, -0.1) is 0 Å². The van der Waals surface area contributed by atoms with Crippen LogP contribution in [0.15, 0.2) is 22.7 Å². The second-order valence-electron chi connectivity index (χ2n) is 5.82. The molecule has 5 heteroatoms. The summed E-state index contributed by atoms with van der Waals surface area (Å²) in [5.74, 6) is 0.392. The minimum Gasteiger partial charge on any atom is -0.325 e. The van der Waals surface area contributed by atoms with Gasteiger partial charge >= 0.3 is 0 Å². The van der Waals surface area contributed by atoms with E-state index in [0.717, 1.165) is 36.1 Å². The predicted molar refractivity (Wildman–Crippen MR) is 87.2 cm³/mol. The number of carbonyl (C=O) groups is 1. The molecule has 3 nitrogen and oxygen atoms in total. The fourth-order valence-corrected chi connectivity index (χ4v) is 3.07. The van der Waals surface area contributed by atoms with Gasteiger partial charge in [0.05, 0.1) is 15.2 Å². The van der Waals surface area contributed by atoms with Crippen molar-refractivity contribution < 1.29 is 4.79 Å². The van der Waals surface area contributed by atoms with Crippen molar-refractivity contribution in [1.29, 1.82) is 0 Å². The summed E-state index contributed by atoms with van der Waals surface area (Å²) < 4.78 is 0.729. The minimum absolute atomic E-state index is 0.0363. The van der Waals surface area contributed by atoms with Crippen molar-refractivity contribution in [3.8, 4) is 0 Å². The first kappa shape index (κ1) is 15.8. The van der Waals surface area contributed by atoms with Crippen molar-refractivity contribution in [3.05, 3.63) is 27.7 Å². The Morgan fingerprint density at radius 1 is 1.50 bits per heavy atom. The zero-order chi connectivity index (χ0) is 14.8. The molecule has 110 valence electrons. The van der Waals surface area contributed by atoms with E-state index in [0.29, 0.717) is 10.9 Å². The van der Waals surface area contributed by atoms with E-state index in [1.165, 1.54) is 0 Å². The number of hydrogen-bond donors (Lipinski definition) is 2. The number of benzene rings is 1. The van der Waals surface area contributed by atoms with Crippen LogP contribution in [-0.2, 0) is 4.79 Å². The third-order valence-corrected chi connectivity index (χ3v) is 5.50. The fourth-order valence-electron chi connectivity index (χ4n) is 2.54. The lowest BCUT2D eigenvalue weighted by molar-refractivity contribution is -0.127. The van der Waals surface area contributed by atoms with E-state index >= 15 is 0 Å². The van der Waals surface area contributed by atoms with Gasteiger partial charge in [-0.3, -0.25) is 4.79 Å². The molecule has 1 aliphatic rings. The molecule has 0 bridgehead atoms. The van der Waals surface area contributed by atoms with Crippen LogP contribution < -0.4 is 10.6 Å². The van der Waals surface area contributed by atoms with Gasteiger partial charge in [0, 0.05) is 5.41 Å². The van der Waals surface area contributed by atoms with Crippen molar-refractivity contribution in [3.63, 3.8) is 0 Å². The summed E-state index contributed by atoms with van der Waals surface area (Å²) in [6.45, 7) is 5.97. The molecule has 0 aromatic heterocycles. The Bertz CT molecular complexity index is 499. The molecule has 1 amide bonds. The number of carbonyl (C=O) groups excluding carboxylic acids is 1. The van der Waals surface area contributed by atoms with E-state index in [1.807, 2.05) is 26.0 Å². The molecule has 1 aromatic carbocycles. The second-order valence-corrected chi connectivity index (χ2v) is 7.02. The number of halogens is 2. The van der Waals surface area contributed by atoms with Gasteiger partial charge in [-0.25, -0.2) is 0 Å². The Morgan fingerprint density at radius 3 is 2.90 bits per heavy atom. The van der Waals surface area contributed by atoms with Crippen LogP contribution >= 0.6 is 27.5 Å². The average molecular weight is 360 g/mol. The third-order valence-electron chi connectivity index (χ3n) is 4.10. The Hall–Kier alpha value is -0.580. The van der Waals surface area contributed by atoms with E-state index in [1.54, 1.807) is 6.07 Å². The summed E-state index contributed by atoms with van der Waals surface area (Å²) in [6.07, 6.45) is 2.21. The van der Waals surface area contributed by atoms with Crippen LogP contribution in [0.1, 0.15) is 26.7 Å². The zero-order valence-electron chi connectivity index (χ0n) is 11.8. The summed E-state index contributed by atoms with van der Waals surface area (Å²) >= 11 is 9.46. The third kappa shape index (κ3) is 3.35. The molecule has 1 unspecified atom stereocenters. The van der Waals surface area contributed by atoms with E-state index in [-0.39, 0.29) is 5.91 Å². The molecule has 2 rings (SSSR count). The number of anilines is 1. The Morgan fingerprint density at radius 2 is 2.25 bits per heavy atom. The fraction of sp³-hybridized carbons (Fsp3) is 0.533. The highest BCUT2D eigenvalue weighted by atomic mass is 79.9. The highest BCUT2D eigenvalue weighted by molar-refractivity contribution is 9.10. The molecule has 1 aliphatic heterocycles. The number of hydrogen-bond acceptors (Lipinski definition) is 2. The SMILES string of the molecule is CC(C)(C(=O)Nc1cccc(Cl)c1Br)C1CCCNC1. The lowest BCUT2D eigenvalue weighted by atomic mass is 9.74. The molecule has 0 aliphatic carbocycles. The van der Waals surface area contributed by atoms with Crippen LogP contribution in [0.3, 0.4) is 0 Å². The topological polar surface area (TPSA) is 41.1 Å². The largest absolute Gasteiger partial charge is 0.325 e. The van der Waals surface area contributed by atoms with Crippen molar-refractivity contribution in [1.82, 2.24) is 5.32 Å². The maximum atomic E-state index is 12.6. The lowest BCUT2D eigenvalue weighted by Crippen LogP contribution is -2.44. The lowest BCUT2D eigenvalue weighted by Gasteiger charge is -2.36. The van der Waals surface area contributed by atoms with E-state index in [9.17, 15) is 4.79 Å². The summed E-state index contributed by atoms with van der Waals surface area (Å²) in [5, 5.41) is 6.96. The van der Waals surface area contributed by atoms with Crippen LogP contribution in [0.2, 0.25) is 5.02 Å². The van der Waals surface area contributed by atoms with Gasteiger partial charge < -0.3 is 10.6 Å². The highest BCUT2D eigenvalue weighted by Gasteiger charge is 2.37. The van der Waals surface area contributed by atoms with Gasteiger partial charge in [0.2, 0.25) is 5.91 Å². The summed E-state index contributed by atoms with van der Waals surface area (Å²) in [6, 6.07) is 5.47. The molecule has 2 N–H and O–H groups in total. The number of nitrogens with one attached hydrogen (secondary N) is 2. The Balaban J connectivity index is 2.12. The molecule has 1 heterocycles. The van der Waals surface area contributed by atoms with Gasteiger partial charge in [-0.05, 0) is 59.9 Å². The van der Waals surface area contributed by atoms with Gasteiger partial charge in [-0.1, -0.05) is 31.5 Å². The molecule has 20 heavy (non-hydrogen) atoms. The maximum absolute atomic E-state index is 12.6. The first-order valence-corrected chi connectivity index (χ1v) is 8.06. The van der Waals surface area contributed by atoms with Crippen LogP contribution in [0.5, 0.6) is 0 Å². The first-order valence-electron chi connectivity index (χ1n) is 6.89. The Labute approximate surface area is 133 Å². The average Bonchev–Trinajstić information content (AvgIpc) is 2.44. The van der Waals surface area contributed by atoms with Crippen molar-refractivity contribution in [2.75, 3.05) is 18.4 Å². The van der Waals surface area contributed by atoms with Gasteiger partial charge in [0.1, 0.15) is 0 Å². The number of piperidine rings is 1. The number of rotatable bonds is 3. The van der Waals surface area contributed by atoms with Crippen molar-refractivity contribution in [2.24, 2.45) is 11.3 Å². The zero-order valence-corrected chi connectivity index (χ0v) is 14.1. The molecule has 1 aromatic rings. The minimum atomic E-state index is -0.408. The number of amides is 1. The molecule has 0 spiro atoms. The van der Waals surface area contributed by atoms with Crippen LogP contribution in [-0.4, -0.2) is 19.0 Å². The van der Waals surface area contributed by atoms with Crippen LogP contribution in [0.4, 0.5) is 5.69 Å². The molecule has 0 radical (unpaired) electrons. The highest BCUT2D eigenvalue weighted by Crippen LogP contribution is 2.35. The summed E-state index contributed by atoms with van der Waals surface area (Å²) in [7, 11) is 0. The normalized spacial score (nSPS) is 19.7. The second kappa shape index (κ2) is 6.46. The van der Waals surface area contributed by atoms with Gasteiger partial charge in [0.15, 0.2) is 0 Å². The van der Waals surface area contributed by atoms with Gasteiger partial charge in [-0.2, -0.15) is 0 Å². The monoisotopic (exact) mass is 358 g/mol. The maximum Gasteiger partial charge on any atom is 0.230 e. The molecule has 1 saturated heterocycles. The molecular weight excluding hydrogens is 340 g/mol. The molecule has 1 fully saturated rings. The van der Waals surface area contributed by atoms with E-state index in [4.69, 9.17) is 11.6 Å². The van der Waals surface area contributed by atoms with Crippen LogP contribution in [0, 0.1) is 11.3 Å². The van der Waals surface area contributed by atoms with E-state index < -0.39 is 5.41 Å². The first-order chi connectivity index (χ1) is 9.43. The molecule has 0 saturated carbocycles. The van der Waals surface area contributed by atoms with Gasteiger partial charge in [0.25, 0.3) is 0 Å². The Kier molecular flexibility index (Phi) is 5.10. The van der Waals surface area contributed by atoms with Crippen molar-refractivity contribution in [2.45, 2.75) is 26.7 Å². The molecule has 1 atom stereocenters. The quantitative estimate of drug-likeness (QED) is 0.854. The molecular formula is C15H20BrClN2O. The van der Waals surface area contributed by atoms with Crippen molar-refractivity contribution >= 4 is 39.1 Å². The predicted octanol–water partition coefficient (Wildman–Crippen LogP) is 4.07. The summed E-state index contributed by atoms with van der Waals surface area (Å²) in [4.78, 5) is 12.6. The standard InChI is InChI=1S/C15H20BrClN2O/c1-15(2,10-5-4-8-18-9-10)14(20)19-12-7-3-6-11(17)13(12)16/h3,6-7,10,18H,4-5,8-9H2,1-2H3,(H,19,20). The van der Waals surface area contributed by atoms with E-state index in [2.05, 4.69) is 26.6 Å². The smallest absolute Gasteiger partial charge is 0.230 e. The summed E-state index contributed by atoms with van der Waals surface area (Å²) in [5.41, 5.74) is 0.314. The van der Waals surface area contributed by atoms with Crippen LogP contribution in [0.25, 0.3) is 0 Å².